The Kier molecular flexibility index (Phi) is 1.72. The van der Waals surface area contributed by atoms with Crippen LogP contribution in [-0.2, 0) is 6.42 Å². The summed E-state index contributed by atoms with van der Waals surface area (Å²) in [5.74, 6) is 0. The third kappa shape index (κ3) is 1.38. The Labute approximate surface area is 78.4 Å². The average Bonchev–Trinajstić information content (AvgIpc) is 2.21. The molecule has 0 aliphatic carbocycles. The van der Waals surface area contributed by atoms with Gasteiger partial charge in [-0.1, -0.05) is 31.5 Å². The van der Waals surface area contributed by atoms with Crippen molar-refractivity contribution < 1.29 is 0 Å². The van der Waals surface area contributed by atoms with Gasteiger partial charge in [-0.15, -0.1) is 11.8 Å². The number of aryl methyl sites for hydroxylation is 1. The number of thioether (sulfide) groups is 1. The smallest absolute Gasteiger partial charge is 0.0191 e. The van der Waals surface area contributed by atoms with Crippen LogP contribution in [0.4, 0.5) is 0 Å². The molecule has 0 saturated carbocycles. The van der Waals surface area contributed by atoms with Crippen molar-refractivity contribution in [2.45, 2.75) is 36.8 Å². The molecule has 0 fully saturated rings. The first-order chi connectivity index (χ1) is 5.57. The summed E-state index contributed by atoms with van der Waals surface area (Å²) < 4.78 is 0.413. The predicted octanol–water partition coefficient (Wildman–Crippen LogP) is 3.42. The number of benzene rings is 1. The topological polar surface area (TPSA) is 0 Å². The first-order valence-electron chi connectivity index (χ1n) is 4.35. The van der Waals surface area contributed by atoms with Crippen molar-refractivity contribution in [2.24, 2.45) is 0 Å². The molecule has 1 heteroatoms. The van der Waals surface area contributed by atoms with Gasteiger partial charge in [0.05, 0.1) is 0 Å². The molecule has 1 heterocycles. The molecule has 0 atom stereocenters. The molecule has 1 aliphatic rings. The Morgan fingerprint density at radius 1 is 1.33 bits per heavy atom. The second-order valence-corrected chi connectivity index (χ2v) is 5.90. The molecule has 12 heavy (non-hydrogen) atoms. The predicted molar refractivity (Wildman–Crippen MR) is 54.8 cm³/mol. The van der Waals surface area contributed by atoms with Crippen LogP contribution < -0.4 is 0 Å². The molecule has 1 aromatic rings. The zero-order valence-corrected chi connectivity index (χ0v) is 8.66. The van der Waals surface area contributed by atoms with E-state index in [0.717, 1.165) is 0 Å². The van der Waals surface area contributed by atoms with Crippen molar-refractivity contribution in [1.82, 2.24) is 0 Å². The Morgan fingerprint density at radius 2 is 2.08 bits per heavy atom. The van der Waals surface area contributed by atoms with Crippen molar-refractivity contribution in [2.75, 3.05) is 0 Å². The molecule has 0 amide bonds. The zero-order chi connectivity index (χ0) is 8.77. The molecule has 2 rings (SSSR count). The minimum atomic E-state index is 0.413. The molecule has 0 nitrogen and oxygen atoms in total. The minimum absolute atomic E-state index is 0.413. The molecular weight excluding hydrogens is 164 g/mol. The molecule has 0 spiro atoms. The highest BCUT2D eigenvalue weighted by Gasteiger charge is 2.28. The molecule has 0 radical (unpaired) electrons. The zero-order valence-electron chi connectivity index (χ0n) is 7.85. The van der Waals surface area contributed by atoms with Crippen LogP contribution in [0.1, 0.15) is 25.0 Å². The van der Waals surface area contributed by atoms with Gasteiger partial charge in [0, 0.05) is 9.64 Å². The van der Waals surface area contributed by atoms with Crippen LogP contribution in [-0.4, -0.2) is 4.75 Å². The van der Waals surface area contributed by atoms with Gasteiger partial charge in [-0.3, -0.25) is 0 Å². The lowest BCUT2D eigenvalue weighted by Gasteiger charge is -2.13. The standard InChI is InChI=1S/C11H14S/c1-8-4-5-10-9(6-8)7-11(2,3)12-10/h4-6H,7H2,1-3H3. The van der Waals surface area contributed by atoms with Crippen LogP contribution in [0, 0.1) is 6.92 Å². The monoisotopic (exact) mass is 178 g/mol. The maximum atomic E-state index is 2.32. The average molecular weight is 178 g/mol. The molecule has 0 aromatic heterocycles. The van der Waals surface area contributed by atoms with Crippen molar-refractivity contribution in [3.8, 4) is 0 Å². The van der Waals surface area contributed by atoms with Gasteiger partial charge in [-0.2, -0.15) is 0 Å². The third-order valence-electron chi connectivity index (χ3n) is 2.22. The van der Waals surface area contributed by atoms with E-state index in [1.54, 1.807) is 0 Å². The lowest BCUT2D eigenvalue weighted by molar-refractivity contribution is 0.723. The number of hydrogen-bond acceptors (Lipinski definition) is 1. The third-order valence-corrected chi connectivity index (χ3v) is 3.53. The van der Waals surface area contributed by atoms with Crippen LogP contribution in [0.15, 0.2) is 23.1 Å². The lowest BCUT2D eigenvalue weighted by atomic mass is 10.0. The first-order valence-corrected chi connectivity index (χ1v) is 5.17. The second-order valence-electron chi connectivity index (χ2n) is 4.15. The Bertz CT molecular complexity index is 313. The first kappa shape index (κ1) is 8.18. The Hall–Kier alpha value is -0.430. The normalized spacial score (nSPS) is 19.2. The van der Waals surface area contributed by atoms with Gasteiger partial charge in [0.25, 0.3) is 0 Å². The van der Waals surface area contributed by atoms with Gasteiger partial charge in [0.1, 0.15) is 0 Å². The van der Waals surface area contributed by atoms with E-state index in [1.807, 2.05) is 11.8 Å². The van der Waals surface area contributed by atoms with Gasteiger partial charge in [0.2, 0.25) is 0 Å². The highest BCUT2D eigenvalue weighted by Crippen LogP contribution is 2.44. The van der Waals surface area contributed by atoms with Crippen LogP contribution in [0.5, 0.6) is 0 Å². The summed E-state index contributed by atoms with van der Waals surface area (Å²) in [6.07, 6.45) is 1.22. The summed E-state index contributed by atoms with van der Waals surface area (Å²) in [6, 6.07) is 6.77. The van der Waals surface area contributed by atoms with Crippen molar-refractivity contribution in [3.63, 3.8) is 0 Å². The van der Waals surface area contributed by atoms with Crippen LogP contribution in [0.2, 0.25) is 0 Å². The summed E-state index contributed by atoms with van der Waals surface area (Å²) in [6.45, 7) is 6.79. The van der Waals surface area contributed by atoms with Crippen molar-refractivity contribution in [1.29, 1.82) is 0 Å². The summed E-state index contributed by atoms with van der Waals surface area (Å²) in [4.78, 5) is 1.48. The van der Waals surface area contributed by atoms with Gasteiger partial charge < -0.3 is 0 Å². The van der Waals surface area contributed by atoms with E-state index < -0.39 is 0 Å². The quantitative estimate of drug-likeness (QED) is 0.586. The summed E-state index contributed by atoms with van der Waals surface area (Å²) in [7, 11) is 0. The number of fused-ring (bicyclic) bond motifs is 1. The van der Waals surface area contributed by atoms with Crippen LogP contribution >= 0.6 is 11.8 Å². The fourth-order valence-corrected chi connectivity index (χ4v) is 2.96. The second kappa shape index (κ2) is 2.53. The fraction of sp³-hybridized carbons (Fsp3) is 0.455. The van der Waals surface area contributed by atoms with E-state index in [0.29, 0.717) is 4.75 Å². The molecular formula is C11H14S. The molecule has 1 aliphatic heterocycles. The summed E-state index contributed by atoms with van der Waals surface area (Å²) in [5.41, 5.74) is 2.91. The molecule has 0 unspecified atom stereocenters. The summed E-state index contributed by atoms with van der Waals surface area (Å²) in [5, 5.41) is 0. The molecule has 1 aromatic carbocycles. The molecule has 0 saturated heterocycles. The largest absolute Gasteiger partial charge is 0.119 e. The lowest BCUT2D eigenvalue weighted by Crippen LogP contribution is -2.11. The van der Waals surface area contributed by atoms with Crippen molar-refractivity contribution >= 4 is 11.8 Å². The van der Waals surface area contributed by atoms with Crippen LogP contribution in [0.25, 0.3) is 0 Å². The molecule has 0 N–H and O–H groups in total. The van der Waals surface area contributed by atoms with E-state index in [4.69, 9.17) is 0 Å². The van der Waals surface area contributed by atoms with Gasteiger partial charge >= 0.3 is 0 Å². The van der Waals surface area contributed by atoms with E-state index in [-0.39, 0.29) is 0 Å². The highest BCUT2D eigenvalue weighted by atomic mass is 32.2. The SMILES string of the molecule is Cc1ccc2c(c1)CC(C)(C)S2. The van der Waals surface area contributed by atoms with E-state index in [2.05, 4.69) is 39.0 Å². The molecule has 64 valence electrons. The summed E-state index contributed by atoms with van der Waals surface area (Å²) >= 11 is 2.00. The van der Waals surface area contributed by atoms with Crippen molar-refractivity contribution in [3.05, 3.63) is 29.3 Å². The highest BCUT2D eigenvalue weighted by molar-refractivity contribution is 8.01. The Balaban J connectivity index is 2.43. The maximum absolute atomic E-state index is 2.32. The van der Waals surface area contributed by atoms with E-state index in [9.17, 15) is 0 Å². The van der Waals surface area contributed by atoms with Gasteiger partial charge in [-0.25, -0.2) is 0 Å². The van der Waals surface area contributed by atoms with Gasteiger partial charge in [0.15, 0.2) is 0 Å². The minimum Gasteiger partial charge on any atom is -0.119 e. The van der Waals surface area contributed by atoms with E-state index in [1.165, 1.54) is 22.4 Å². The fourth-order valence-electron chi connectivity index (χ4n) is 1.74. The maximum Gasteiger partial charge on any atom is 0.0191 e. The van der Waals surface area contributed by atoms with E-state index >= 15 is 0 Å². The number of rotatable bonds is 0. The van der Waals surface area contributed by atoms with Gasteiger partial charge in [-0.05, 0) is 25.0 Å². The van der Waals surface area contributed by atoms with Crippen LogP contribution in [0.3, 0.4) is 0 Å². The Morgan fingerprint density at radius 3 is 2.83 bits per heavy atom. The molecule has 0 bridgehead atoms. The number of hydrogen-bond donors (Lipinski definition) is 0.